The van der Waals surface area contributed by atoms with E-state index in [4.69, 9.17) is 14.5 Å². The highest BCUT2D eigenvalue weighted by atomic mass is 32.2. The molecule has 3 aromatic carbocycles. The minimum atomic E-state index is -0.863. The number of carbonyl (C=O) groups is 1. The van der Waals surface area contributed by atoms with E-state index >= 15 is 0 Å². The summed E-state index contributed by atoms with van der Waals surface area (Å²) in [4.78, 5) is 53.1. The lowest BCUT2D eigenvalue weighted by molar-refractivity contribution is -0.387. The molecule has 0 amide bonds. The predicted molar refractivity (Wildman–Crippen MR) is 173 cm³/mol. The van der Waals surface area contributed by atoms with Gasteiger partial charge in [-0.1, -0.05) is 59.9 Å². The highest BCUT2D eigenvalue weighted by Gasteiger charge is 2.35. The second-order valence-corrected chi connectivity index (χ2v) is 11.8. The topological polar surface area (TPSA) is 139 Å². The normalized spacial score (nSPS) is 14.4. The third-order valence-electron chi connectivity index (χ3n) is 7.03. The van der Waals surface area contributed by atoms with Gasteiger partial charge in [0, 0.05) is 24.0 Å². The molecule has 5 aromatic rings. The van der Waals surface area contributed by atoms with Gasteiger partial charge in [-0.3, -0.25) is 19.5 Å². The van der Waals surface area contributed by atoms with Crippen molar-refractivity contribution in [1.29, 1.82) is 0 Å². The molecule has 230 valence electrons. The molecule has 46 heavy (non-hydrogen) atoms. The number of rotatable bonds is 9. The first-order valence-corrected chi connectivity index (χ1v) is 15.7. The summed E-state index contributed by atoms with van der Waals surface area (Å²) in [7, 11) is 1.56. The molecule has 0 bridgehead atoms. The molecule has 1 atom stereocenters. The van der Waals surface area contributed by atoms with Crippen molar-refractivity contribution < 1.29 is 19.2 Å². The van der Waals surface area contributed by atoms with Crippen molar-refractivity contribution in [3.63, 3.8) is 0 Å². The van der Waals surface area contributed by atoms with Crippen molar-refractivity contribution in [3.8, 4) is 5.75 Å². The van der Waals surface area contributed by atoms with Gasteiger partial charge in [-0.25, -0.2) is 19.8 Å². The van der Waals surface area contributed by atoms with E-state index in [1.54, 1.807) is 75.0 Å². The number of nitro benzene ring substituents is 1. The number of carbonyl (C=O) groups excluding carboxylic acids is 1. The fourth-order valence-electron chi connectivity index (χ4n) is 4.98. The number of methoxy groups -OCH3 is 1. The molecule has 1 aliphatic heterocycles. The van der Waals surface area contributed by atoms with Gasteiger partial charge in [0.1, 0.15) is 5.75 Å². The van der Waals surface area contributed by atoms with Gasteiger partial charge < -0.3 is 9.47 Å². The van der Waals surface area contributed by atoms with Crippen LogP contribution >= 0.6 is 23.1 Å². The Morgan fingerprint density at radius 1 is 1.07 bits per heavy atom. The molecule has 0 unspecified atom stereocenters. The van der Waals surface area contributed by atoms with Crippen LogP contribution in [0.25, 0.3) is 11.8 Å². The van der Waals surface area contributed by atoms with E-state index in [-0.39, 0.29) is 22.4 Å². The van der Waals surface area contributed by atoms with E-state index in [0.29, 0.717) is 43.0 Å². The zero-order valence-corrected chi connectivity index (χ0v) is 26.2. The van der Waals surface area contributed by atoms with Crippen LogP contribution in [0, 0.1) is 10.1 Å². The molecule has 0 radical (unpaired) electrons. The van der Waals surface area contributed by atoms with Crippen molar-refractivity contribution >= 4 is 46.5 Å². The summed E-state index contributed by atoms with van der Waals surface area (Å²) in [5.41, 5.74) is 1.85. The molecule has 3 heterocycles. The third kappa shape index (κ3) is 6.10. The Morgan fingerprint density at radius 2 is 1.80 bits per heavy atom. The van der Waals surface area contributed by atoms with Crippen molar-refractivity contribution in [2.24, 2.45) is 4.99 Å². The number of aromatic nitrogens is 3. The van der Waals surface area contributed by atoms with E-state index in [1.807, 2.05) is 30.3 Å². The average molecular weight is 652 g/mol. The van der Waals surface area contributed by atoms with Gasteiger partial charge in [-0.05, 0) is 60.2 Å². The number of hydrogen-bond donors (Lipinski definition) is 0. The van der Waals surface area contributed by atoms with Gasteiger partial charge in [0.25, 0.3) is 11.2 Å². The summed E-state index contributed by atoms with van der Waals surface area (Å²) in [6, 6.07) is 21.9. The summed E-state index contributed by atoms with van der Waals surface area (Å²) >= 11 is 2.21. The third-order valence-corrected chi connectivity index (χ3v) is 8.97. The number of nitro groups is 1. The van der Waals surface area contributed by atoms with Crippen molar-refractivity contribution in [2.45, 2.75) is 23.0 Å². The average Bonchev–Trinajstić information content (AvgIpc) is 3.39. The molecule has 13 heteroatoms. The second kappa shape index (κ2) is 13.3. The highest BCUT2D eigenvalue weighted by molar-refractivity contribution is 7.99. The monoisotopic (exact) mass is 651 g/mol. The molecule has 0 saturated heterocycles. The molecule has 11 nitrogen and oxygen atoms in total. The van der Waals surface area contributed by atoms with Crippen LogP contribution < -0.4 is 19.6 Å². The van der Waals surface area contributed by atoms with E-state index in [2.05, 4.69) is 9.97 Å². The molecule has 6 rings (SSSR count). The predicted octanol–water partition coefficient (Wildman–Crippen LogP) is 4.79. The van der Waals surface area contributed by atoms with Crippen LogP contribution in [0.15, 0.2) is 117 Å². The number of hydrogen-bond acceptors (Lipinski definition) is 11. The summed E-state index contributed by atoms with van der Waals surface area (Å²) < 4.78 is 12.6. The molecular formula is C33H25N5O6S2. The van der Waals surface area contributed by atoms with Crippen LogP contribution in [0.1, 0.15) is 29.7 Å². The number of esters is 1. The Balaban J connectivity index is 1.54. The summed E-state index contributed by atoms with van der Waals surface area (Å²) in [6.07, 6.45) is 4.71. The number of fused-ring (bicyclic) bond motifs is 1. The Kier molecular flexibility index (Phi) is 8.85. The van der Waals surface area contributed by atoms with Gasteiger partial charge >= 0.3 is 5.97 Å². The number of benzene rings is 3. The van der Waals surface area contributed by atoms with Crippen LogP contribution in [0.2, 0.25) is 0 Å². The quantitative estimate of drug-likeness (QED) is 0.0953. The fraction of sp³-hybridized carbons (Fsp3) is 0.121. The molecule has 0 spiro atoms. The lowest BCUT2D eigenvalue weighted by Gasteiger charge is -2.26. The lowest BCUT2D eigenvalue weighted by Crippen LogP contribution is -2.40. The Labute approximate surface area is 270 Å². The first-order valence-electron chi connectivity index (χ1n) is 14.0. The summed E-state index contributed by atoms with van der Waals surface area (Å²) in [5, 5.41) is 12.4. The maximum Gasteiger partial charge on any atom is 0.338 e. The van der Waals surface area contributed by atoms with Gasteiger partial charge in [-0.2, -0.15) is 0 Å². The molecular weight excluding hydrogens is 627 g/mol. The molecule has 2 aromatic heterocycles. The zero-order valence-electron chi connectivity index (χ0n) is 24.5. The number of thiazole rings is 1. The number of nitrogens with zero attached hydrogens (tertiary/aromatic N) is 5. The van der Waals surface area contributed by atoms with Crippen LogP contribution in [0.3, 0.4) is 0 Å². The van der Waals surface area contributed by atoms with Crippen molar-refractivity contribution in [2.75, 3.05) is 13.7 Å². The first-order chi connectivity index (χ1) is 22.4. The second-order valence-electron chi connectivity index (χ2n) is 9.82. The summed E-state index contributed by atoms with van der Waals surface area (Å²) in [6.45, 7) is 1.85. The molecule has 0 N–H and O–H groups in total. The van der Waals surface area contributed by atoms with E-state index in [1.165, 1.54) is 10.6 Å². The Hall–Kier alpha value is -5.40. The fourth-order valence-corrected chi connectivity index (χ4v) is 6.78. The minimum absolute atomic E-state index is 0.133. The number of ether oxygens (including phenoxy) is 2. The first kappa shape index (κ1) is 30.6. The maximum atomic E-state index is 14.1. The van der Waals surface area contributed by atoms with Crippen LogP contribution in [0.4, 0.5) is 5.69 Å². The van der Waals surface area contributed by atoms with Gasteiger partial charge in [0.15, 0.2) is 9.96 Å². The Bertz CT molecular complexity index is 2150. The van der Waals surface area contributed by atoms with Crippen molar-refractivity contribution in [3.05, 3.63) is 143 Å². The maximum absolute atomic E-state index is 14.1. The van der Waals surface area contributed by atoms with Crippen molar-refractivity contribution in [1.82, 2.24) is 14.5 Å². The minimum Gasteiger partial charge on any atom is -0.497 e. The largest absolute Gasteiger partial charge is 0.497 e. The molecule has 0 fully saturated rings. The molecule has 1 aliphatic rings. The van der Waals surface area contributed by atoms with E-state index < -0.39 is 22.5 Å². The van der Waals surface area contributed by atoms with Gasteiger partial charge in [-0.15, -0.1) is 0 Å². The van der Waals surface area contributed by atoms with Gasteiger partial charge in [0.2, 0.25) is 0 Å². The molecule has 0 aliphatic carbocycles. The zero-order chi connectivity index (χ0) is 32.2. The lowest BCUT2D eigenvalue weighted by atomic mass is 9.93. The van der Waals surface area contributed by atoms with Gasteiger partial charge in [0.05, 0.1) is 45.4 Å². The SMILES string of the molecule is CCOC(=O)C1=C(c2ccccc2)N=c2s/c(=C/c3ccc(Sc4ncccn4)c([N+](=O)[O-])c3)c(=O)n2[C@H]1c1ccc(OC)cc1. The van der Waals surface area contributed by atoms with E-state index in [9.17, 15) is 19.7 Å². The standard InChI is InChI=1S/C33H25N5O6S2/c1-3-44-31(40)27-28(21-8-5-4-6-9-21)36-33-37(29(27)22-11-13-23(43-2)14-12-22)30(39)26(46-33)19-20-10-15-25(24(18-20)38(41)42)45-32-34-16-7-17-35-32/h4-19,29H,3H2,1-2H3/b26-19+/t29-/m0/s1. The Morgan fingerprint density at radius 3 is 2.48 bits per heavy atom. The smallest absolute Gasteiger partial charge is 0.338 e. The highest BCUT2D eigenvalue weighted by Crippen LogP contribution is 2.36. The van der Waals surface area contributed by atoms with E-state index in [0.717, 1.165) is 23.1 Å². The van der Waals surface area contributed by atoms with Crippen LogP contribution in [-0.2, 0) is 9.53 Å². The summed E-state index contributed by atoms with van der Waals surface area (Å²) in [5.74, 6) is 0.0226. The van der Waals surface area contributed by atoms with Crippen LogP contribution in [-0.4, -0.2) is 39.1 Å². The molecule has 0 saturated carbocycles. The van der Waals surface area contributed by atoms with Crippen LogP contribution in [0.5, 0.6) is 5.75 Å².